The Morgan fingerprint density at radius 1 is 0.786 bits per heavy atom. The fraction of sp³-hybridized carbons (Fsp3) is 0.136. The first-order valence-corrected chi connectivity index (χ1v) is 9.35. The summed E-state index contributed by atoms with van der Waals surface area (Å²) in [5, 5.41) is 2.67. The molecule has 6 heteroatoms. The van der Waals surface area contributed by atoms with Crippen molar-refractivity contribution in [3.63, 3.8) is 0 Å². The van der Waals surface area contributed by atoms with E-state index in [-0.39, 0.29) is 11.1 Å². The van der Waals surface area contributed by atoms with Crippen molar-refractivity contribution in [1.82, 2.24) is 0 Å². The molecule has 0 unspecified atom stereocenters. The van der Waals surface area contributed by atoms with Gasteiger partial charge in [0.2, 0.25) is 5.91 Å². The van der Waals surface area contributed by atoms with Crippen molar-refractivity contribution in [2.75, 3.05) is 5.32 Å². The molecule has 0 spiro atoms. The Morgan fingerprint density at radius 2 is 1.29 bits per heavy atom. The molecule has 1 amide bonds. The standard InChI is InChI=1S/C22H17BrF3NO/c23-18-13-11-17(12-14-18)21(15-22(24,25)26,16-7-3-1-4-8-16)20(28)27-19-9-5-2-6-10-19/h1-14H,15H2,(H,27,28)/t21-/m0/s1. The zero-order chi connectivity index (χ0) is 20.2. The van der Waals surface area contributed by atoms with E-state index in [2.05, 4.69) is 21.2 Å². The summed E-state index contributed by atoms with van der Waals surface area (Å²) < 4.78 is 41.8. The fourth-order valence-corrected chi connectivity index (χ4v) is 3.49. The van der Waals surface area contributed by atoms with E-state index in [9.17, 15) is 18.0 Å². The molecule has 3 aromatic rings. The van der Waals surface area contributed by atoms with Crippen LogP contribution in [-0.4, -0.2) is 12.1 Å². The SMILES string of the molecule is O=C(Nc1ccccc1)[C@@](CC(F)(F)F)(c1ccccc1)c1ccc(Br)cc1. The number of halogens is 4. The Bertz CT molecular complexity index is 928. The lowest BCUT2D eigenvalue weighted by Crippen LogP contribution is -2.45. The van der Waals surface area contributed by atoms with Crippen LogP contribution < -0.4 is 5.32 Å². The third-order valence-corrected chi connectivity index (χ3v) is 5.02. The molecule has 28 heavy (non-hydrogen) atoms. The summed E-state index contributed by atoms with van der Waals surface area (Å²) in [7, 11) is 0. The number of hydrogen-bond donors (Lipinski definition) is 1. The Kier molecular flexibility index (Phi) is 5.89. The summed E-state index contributed by atoms with van der Waals surface area (Å²) in [5.74, 6) is -0.732. The molecular formula is C22H17BrF3NO. The number of alkyl halides is 3. The van der Waals surface area contributed by atoms with E-state index in [1.54, 1.807) is 84.9 Å². The van der Waals surface area contributed by atoms with Gasteiger partial charge in [-0.15, -0.1) is 0 Å². The summed E-state index contributed by atoms with van der Waals surface area (Å²) in [6, 6.07) is 22.9. The van der Waals surface area contributed by atoms with Gasteiger partial charge < -0.3 is 5.32 Å². The Morgan fingerprint density at radius 3 is 1.82 bits per heavy atom. The molecule has 0 bridgehead atoms. The van der Waals surface area contributed by atoms with Crippen molar-refractivity contribution >= 4 is 27.5 Å². The molecule has 0 aliphatic carbocycles. The highest BCUT2D eigenvalue weighted by Gasteiger charge is 2.50. The van der Waals surface area contributed by atoms with Gasteiger partial charge in [0.15, 0.2) is 0 Å². The second-order valence-electron chi connectivity index (χ2n) is 6.39. The second kappa shape index (κ2) is 8.19. The number of rotatable bonds is 5. The average molecular weight is 448 g/mol. The molecule has 0 aromatic heterocycles. The van der Waals surface area contributed by atoms with Crippen LogP contribution in [0.4, 0.5) is 18.9 Å². The summed E-state index contributed by atoms with van der Waals surface area (Å²) in [6.45, 7) is 0. The van der Waals surface area contributed by atoms with Crippen molar-refractivity contribution < 1.29 is 18.0 Å². The highest BCUT2D eigenvalue weighted by molar-refractivity contribution is 9.10. The lowest BCUT2D eigenvalue weighted by molar-refractivity contribution is -0.153. The van der Waals surface area contributed by atoms with Gasteiger partial charge in [-0.2, -0.15) is 13.2 Å². The van der Waals surface area contributed by atoms with E-state index < -0.39 is 23.9 Å². The topological polar surface area (TPSA) is 29.1 Å². The highest BCUT2D eigenvalue weighted by Crippen LogP contribution is 2.43. The lowest BCUT2D eigenvalue weighted by atomic mass is 9.71. The second-order valence-corrected chi connectivity index (χ2v) is 7.31. The van der Waals surface area contributed by atoms with Crippen molar-refractivity contribution in [2.24, 2.45) is 0 Å². The number of hydrogen-bond acceptors (Lipinski definition) is 1. The number of anilines is 1. The smallest absolute Gasteiger partial charge is 0.325 e. The van der Waals surface area contributed by atoms with Gasteiger partial charge in [0.1, 0.15) is 5.41 Å². The molecule has 1 N–H and O–H groups in total. The summed E-state index contributed by atoms with van der Waals surface area (Å²) in [4.78, 5) is 13.4. The third kappa shape index (κ3) is 4.44. The minimum absolute atomic E-state index is 0.271. The first-order chi connectivity index (χ1) is 13.3. The number of carbonyl (C=O) groups excluding carboxylic acids is 1. The van der Waals surface area contributed by atoms with Crippen LogP contribution in [0.15, 0.2) is 89.4 Å². The van der Waals surface area contributed by atoms with Crippen LogP contribution in [0, 0.1) is 0 Å². The zero-order valence-corrected chi connectivity index (χ0v) is 16.3. The molecule has 0 fully saturated rings. The molecule has 3 aromatic carbocycles. The number of amides is 1. The molecule has 144 valence electrons. The predicted octanol–water partition coefficient (Wildman–Crippen LogP) is 6.33. The largest absolute Gasteiger partial charge is 0.390 e. The van der Waals surface area contributed by atoms with Gasteiger partial charge >= 0.3 is 6.18 Å². The van der Waals surface area contributed by atoms with Crippen LogP contribution in [0.5, 0.6) is 0 Å². The van der Waals surface area contributed by atoms with Gasteiger partial charge in [0, 0.05) is 10.2 Å². The molecule has 3 rings (SSSR count). The number of carbonyl (C=O) groups is 1. The van der Waals surface area contributed by atoms with Crippen LogP contribution in [0.3, 0.4) is 0 Å². The molecule has 0 saturated carbocycles. The first-order valence-electron chi connectivity index (χ1n) is 8.56. The van der Waals surface area contributed by atoms with E-state index in [0.29, 0.717) is 10.2 Å². The lowest BCUT2D eigenvalue weighted by Gasteiger charge is -2.34. The van der Waals surface area contributed by atoms with Gasteiger partial charge in [-0.3, -0.25) is 4.79 Å². The van der Waals surface area contributed by atoms with Gasteiger partial charge in [-0.25, -0.2) is 0 Å². The van der Waals surface area contributed by atoms with Crippen molar-refractivity contribution in [1.29, 1.82) is 0 Å². The molecular weight excluding hydrogens is 431 g/mol. The van der Waals surface area contributed by atoms with Crippen LogP contribution in [0.2, 0.25) is 0 Å². The van der Waals surface area contributed by atoms with Gasteiger partial charge in [0.05, 0.1) is 6.42 Å². The molecule has 0 heterocycles. The van der Waals surface area contributed by atoms with Crippen LogP contribution >= 0.6 is 15.9 Å². The van der Waals surface area contributed by atoms with E-state index in [4.69, 9.17) is 0 Å². The van der Waals surface area contributed by atoms with Gasteiger partial charge in [-0.05, 0) is 35.4 Å². The molecule has 0 aliphatic heterocycles. The maximum absolute atomic E-state index is 13.7. The highest BCUT2D eigenvalue weighted by atomic mass is 79.9. The van der Waals surface area contributed by atoms with Gasteiger partial charge in [0.25, 0.3) is 0 Å². The average Bonchev–Trinajstić information content (AvgIpc) is 2.67. The minimum Gasteiger partial charge on any atom is -0.325 e. The van der Waals surface area contributed by atoms with E-state index in [0.717, 1.165) is 0 Å². The summed E-state index contributed by atoms with van der Waals surface area (Å²) in [5.41, 5.74) is -0.932. The number of para-hydroxylation sites is 1. The van der Waals surface area contributed by atoms with Crippen LogP contribution in [-0.2, 0) is 10.2 Å². The molecule has 1 atom stereocenters. The predicted molar refractivity (Wildman–Crippen MR) is 107 cm³/mol. The minimum atomic E-state index is -4.56. The van der Waals surface area contributed by atoms with Crippen molar-refractivity contribution in [3.05, 3.63) is 101 Å². The van der Waals surface area contributed by atoms with E-state index in [1.165, 1.54) is 0 Å². The van der Waals surface area contributed by atoms with Crippen LogP contribution in [0.1, 0.15) is 17.5 Å². The molecule has 2 nitrogen and oxygen atoms in total. The number of nitrogens with one attached hydrogen (secondary N) is 1. The van der Waals surface area contributed by atoms with Crippen LogP contribution in [0.25, 0.3) is 0 Å². The van der Waals surface area contributed by atoms with E-state index >= 15 is 0 Å². The fourth-order valence-electron chi connectivity index (χ4n) is 3.23. The normalized spacial score (nSPS) is 13.6. The van der Waals surface area contributed by atoms with E-state index in [1.807, 2.05) is 0 Å². The maximum atomic E-state index is 13.7. The van der Waals surface area contributed by atoms with Gasteiger partial charge in [-0.1, -0.05) is 76.6 Å². The Labute approximate surface area is 169 Å². The summed E-state index contributed by atoms with van der Waals surface area (Å²) >= 11 is 3.30. The van der Waals surface area contributed by atoms with Crippen molar-refractivity contribution in [2.45, 2.75) is 18.0 Å². The number of benzene rings is 3. The Balaban J connectivity index is 2.20. The summed E-state index contributed by atoms with van der Waals surface area (Å²) in [6.07, 6.45) is -5.87. The molecule has 0 saturated heterocycles. The third-order valence-electron chi connectivity index (χ3n) is 4.49. The molecule has 0 radical (unpaired) electrons. The Hall–Kier alpha value is -2.60. The molecule has 0 aliphatic rings. The maximum Gasteiger partial charge on any atom is 0.390 e. The quantitative estimate of drug-likeness (QED) is 0.486. The first kappa shape index (κ1) is 20.1. The monoisotopic (exact) mass is 447 g/mol. The van der Waals surface area contributed by atoms with Crippen molar-refractivity contribution in [3.8, 4) is 0 Å². The zero-order valence-electron chi connectivity index (χ0n) is 14.7.